The summed E-state index contributed by atoms with van der Waals surface area (Å²) in [5.41, 5.74) is 1.41. The summed E-state index contributed by atoms with van der Waals surface area (Å²) >= 11 is 0. The Morgan fingerprint density at radius 2 is 1.61 bits per heavy atom. The monoisotopic (exact) mass is 317 g/mol. The van der Waals surface area contributed by atoms with Crippen molar-refractivity contribution in [2.24, 2.45) is 0 Å². The number of hydrogen-bond donors (Lipinski definition) is 2. The topological polar surface area (TPSA) is 62.8 Å². The van der Waals surface area contributed by atoms with E-state index in [0.29, 0.717) is 11.6 Å². The first-order valence-electron chi connectivity index (χ1n) is 8.83. The summed E-state index contributed by atoms with van der Waals surface area (Å²) in [6, 6.07) is 7.55. The summed E-state index contributed by atoms with van der Waals surface area (Å²) < 4.78 is 0. The van der Waals surface area contributed by atoms with E-state index in [-0.39, 0.29) is 17.7 Å². The van der Waals surface area contributed by atoms with Gasteiger partial charge in [-0.15, -0.1) is 0 Å². The third-order valence-electron chi connectivity index (χ3n) is 4.68. The van der Waals surface area contributed by atoms with Gasteiger partial charge in [0.05, 0.1) is 6.04 Å². The lowest BCUT2D eigenvalue weighted by Crippen LogP contribution is -2.96. The second-order valence-corrected chi connectivity index (χ2v) is 6.71. The van der Waals surface area contributed by atoms with E-state index < -0.39 is 0 Å². The molecule has 0 heterocycles. The minimum atomic E-state index is -0.0908. The summed E-state index contributed by atoms with van der Waals surface area (Å²) in [7, 11) is 0. The highest BCUT2D eigenvalue weighted by Gasteiger charge is 2.22. The van der Waals surface area contributed by atoms with E-state index >= 15 is 0 Å². The van der Waals surface area contributed by atoms with E-state index in [9.17, 15) is 9.59 Å². The third kappa shape index (κ3) is 5.79. The first-order valence-corrected chi connectivity index (χ1v) is 8.83. The van der Waals surface area contributed by atoms with Crippen LogP contribution < -0.4 is 10.6 Å². The van der Waals surface area contributed by atoms with E-state index in [0.717, 1.165) is 5.69 Å². The largest absolute Gasteiger partial charge is 0.334 e. The van der Waals surface area contributed by atoms with Crippen molar-refractivity contribution < 1.29 is 14.9 Å². The van der Waals surface area contributed by atoms with Crippen LogP contribution in [0.3, 0.4) is 0 Å². The lowest BCUT2D eigenvalue weighted by Gasteiger charge is -2.21. The Labute approximate surface area is 139 Å². The highest BCUT2D eigenvalue weighted by atomic mass is 16.2. The van der Waals surface area contributed by atoms with Gasteiger partial charge in [-0.1, -0.05) is 19.3 Å². The van der Waals surface area contributed by atoms with Crippen LogP contribution in [0.15, 0.2) is 24.3 Å². The Bertz CT molecular complexity index is 517. The summed E-state index contributed by atoms with van der Waals surface area (Å²) in [4.78, 5) is 23.6. The molecule has 1 aromatic rings. The Kier molecular flexibility index (Phi) is 6.78. The molecule has 0 aliphatic heterocycles. The molecule has 1 atom stereocenters. The van der Waals surface area contributed by atoms with Crippen molar-refractivity contribution in [3.05, 3.63) is 29.8 Å². The van der Waals surface area contributed by atoms with Gasteiger partial charge in [-0.25, -0.2) is 0 Å². The fraction of sp³-hybridized carbons (Fsp3) is 0.579. The molecule has 1 saturated carbocycles. The molecule has 4 nitrogen and oxygen atoms in total. The molecule has 0 saturated heterocycles. The van der Waals surface area contributed by atoms with Crippen LogP contribution in [0.4, 0.5) is 5.69 Å². The maximum atomic E-state index is 12.3. The van der Waals surface area contributed by atoms with Crippen molar-refractivity contribution in [3.8, 4) is 0 Å². The van der Waals surface area contributed by atoms with Crippen LogP contribution in [0.25, 0.3) is 0 Å². The number of benzene rings is 1. The van der Waals surface area contributed by atoms with Crippen molar-refractivity contribution in [2.45, 2.75) is 70.9 Å². The average Bonchev–Trinajstić information content (AvgIpc) is 2.50. The normalized spacial score (nSPS) is 17.8. The molecule has 0 spiro atoms. The molecule has 1 aliphatic rings. The van der Waals surface area contributed by atoms with Gasteiger partial charge in [-0.05, 0) is 63.8 Å². The second kappa shape index (κ2) is 8.82. The van der Waals surface area contributed by atoms with Gasteiger partial charge >= 0.3 is 0 Å². The molecule has 1 aliphatic carbocycles. The van der Waals surface area contributed by atoms with E-state index in [2.05, 4.69) is 10.6 Å². The predicted molar refractivity (Wildman–Crippen MR) is 92.6 cm³/mol. The highest BCUT2D eigenvalue weighted by Crippen LogP contribution is 2.15. The Balaban J connectivity index is 1.84. The molecule has 0 radical (unpaired) electrons. The first kappa shape index (κ1) is 17.7. The van der Waals surface area contributed by atoms with Crippen molar-refractivity contribution in [1.29, 1.82) is 0 Å². The zero-order valence-corrected chi connectivity index (χ0v) is 14.3. The standard InChI is InChI=1S/C19H28N2O2/c1-14(20-17-8-6-4-3-5-7-9-17)19(23)21-18-12-10-16(11-13-18)15(2)22/h10-14,17,20H,3-9H2,1-2H3,(H,21,23)/p+1/t14-/m0/s1. The zero-order valence-electron chi connectivity index (χ0n) is 14.3. The van der Waals surface area contributed by atoms with Crippen LogP contribution in [0, 0.1) is 0 Å². The van der Waals surface area contributed by atoms with Gasteiger partial charge in [0.1, 0.15) is 0 Å². The zero-order chi connectivity index (χ0) is 16.7. The SMILES string of the molecule is CC(=O)c1ccc(NC(=O)[C@H](C)[NH2+]C2CCCCCCC2)cc1. The van der Waals surface area contributed by atoms with Gasteiger partial charge in [-0.3, -0.25) is 9.59 Å². The van der Waals surface area contributed by atoms with Gasteiger partial charge in [0, 0.05) is 11.3 Å². The lowest BCUT2D eigenvalue weighted by atomic mass is 9.96. The Morgan fingerprint density at radius 1 is 1.04 bits per heavy atom. The predicted octanol–water partition coefficient (Wildman–Crippen LogP) is 2.89. The molecule has 1 fully saturated rings. The van der Waals surface area contributed by atoms with Gasteiger partial charge in [-0.2, -0.15) is 0 Å². The smallest absolute Gasteiger partial charge is 0.282 e. The number of carbonyl (C=O) groups is 2. The molecular weight excluding hydrogens is 288 g/mol. The Morgan fingerprint density at radius 3 is 2.17 bits per heavy atom. The molecule has 23 heavy (non-hydrogen) atoms. The minimum absolute atomic E-state index is 0.0302. The van der Waals surface area contributed by atoms with Gasteiger partial charge in [0.2, 0.25) is 0 Å². The van der Waals surface area contributed by atoms with E-state index in [1.54, 1.807) is 31.2 Å². The number of carbonyl (C=O) groups excluding carboxylic acids is 2. The number of nitrogens with one attached hydrogen (secondary N) is 1. The molecule has 126 valence electrons. The fourth-order valence-corrected chi connectivity index (χ4v) is 3.22. The molecule has 1 amide bonds. The summed E-state index contributed by atoms with van der Waals surface area (Å²) in [6.07, 6.45) is 9.00. The first-order chi connectivity index (χ1) is 11.1. The average molecular weight is 317 g/mol. The number of hydrogen-bond acceptors (Lipinski definition) is 2. The lowest BCUT2D eigenvalue weighted by molar-refractivity contribution is -0.707. The quantitative estimate of drug-likeness (QED) is 0.820. The number of nitrogens with two attached hydrogens (primary N) is 1. The van der Waals surface area contributed by atoms with Gasteiger partial charge in [0.15, 0.2) is 11.8 Å². The van der Waals surface area contributed by atoms with E-state index in [1.165, 1.54) is 44.9 Å². The number of anilines is 1. The summed E-state index contributed by atoms with van der Waals surface area (Å²) in [5, 5.41) is 5.17. The molecule has 0 aromatic heterocycles. The molecule has 2 rings (SSSR count). The van der Waals surface area contributed by atoms with Gasteiger partial charge in [0.25, 0.3) is 5.91 Å². The summed E-state index contributed by atoms with van der Waals surface area (Å²) in [6.45, 7) is 3.51. The summed E-state index contributed by atoms with van der Waals surface area (Å²) in [5.74, 6) is 0.0662. The van der Waals surface area contributed by atoms with Crippen LogP contribution in [-0.2, 0) is 4.79 Å². The minimum Gasteiger partial charge on any atom is -0.334 e. The molecular formula is C19H29N2O2+. The Hall–Kier alpha value is -1.68. The van der Waals surface area contributed by atoms with Crippen molar-refractivity contribution in [3.63, 3.8) is 0 Å². The van der Waals surface area contributed by atoms with Crippen molar-refractivity contribution in [1.82, 2.24) is 0 Å². The number of ketones is 1. The molecule has 0 unspecified atom stereocenters. The van der Waals surface area contributed by atoms with Crippen LogP contribution in [0.2, 0.25) is 0 Å². The van der Waals surface area contributed by atoms with E-state index in [1.807, 2.05) is 6.92 Å². The maximum absolute atomic E-state index is 12.3. The van der Waals surface area contributed by atoms with Crippen LogP contribution in [0.5, 0.6) is 0 Å². The number of quaternary nitrogens is 1. The number of Topliss-reactive ketones (excluding diaryl/α,β-unsaturated/α-hetero) is 1. The fourth-order valence-electron chi connectivity index (χ4n) is 3.22. The molecule has 3 N–H and O–H groups in total. The molecule has 1 aromatic carbocycles. The van der Waals surface area contributed by atoms with Gasteiger partial charge < -0.3 is 10.6 Å². The maximum Gasteiger partial charge on any atom is 0.282 e. The number of amides is 1. The highest BCUT2D eigenvalue weighted by molar-refractivity contribution is 5.96. The molecule has 4 heteroatoms. The van der Waals surface area contributed by atoms with Crippen molar-refractivity contribution >= 4 is 17.4 Å². The number of rotatable bonds is 5. The second-order valence-electron chi connectivity index (χ2n) is 6.71. The van der Waals surface area contributed by atoms with Crippen LogP contribution in [-0.4, -0.2) is 23.8 Å². The van der Waals surface area contributed by atoms with Crippen LogP contribution >= 0.6 is 0 Å². The van der Waals surface area contributed by atoms with Crippen LogP contribution in [0.1, 0.15) is 69.2 Å². The van der Waals surface area contributed by atoms with Crippen molar-refractivity contribution in [2.75, 3.05) is 5.32 Å². The molecule has 0 bridgehead atoms. The third-order valence-corrected chi connectivity index (χ3v) is 4.68. The van der Waals surface area contributed by atoms with E-state index in [4.69, 9.17) is 0 Å².